The van der Waals surface area contributed by atoms with Gasteiger partial charge in [-0.3, -0.25) is 14.4 Å². The van der Waals surface area contributed by atoms with E-state index in [1.807, 2.05) is 32.6 Å². The molecule has 2 amide bonds. The van der Waals surface area contributed by atoms with Gasteiger partial charge >= 0.3 is 5.97 Å². The predicted molar refractivity (Wildman–Crippen MR) is 172 cm³/mol. The maximum Gasteiger partial charge on any atom is 0.341 e. The first kappa shape index (κ1) is 33.8. The zero-order chi connectivity index (χ0) is 33.6. The van der Waals surface area contributed by atoms with Crippen LogP contribution in [0.1, 0.15) is 89.0 Å². The number of piperidine rings is 1. The number of amides is 2. The third-order valence-electron chi connectivity index (χ3n) is 9.77. The number of hydrogen-bond acceptors (Lipinski definition) is 8. The number of nitrogens with one attached hydrogen (secondary N) is 1. The summed E-state index contributed by atoms with van der Waals surface area (Å²) >= 11 is 0. The Morgan fingerprint density at radius 2 is 1.67 bits per heavy atom. The van der Waals surface area contributed by atoms with Crippen molar-refractivity contribution >= 4 is 34.4 Å². The number of hydroxylamine groups is 2. The first-order valence-electron chi connectivity index (χ1n) is 16.3. The summed E-state index contributed by atoms with van der Waals surface area (Å²) in [5.41, 5.74) is 5.01. The van der Waals surface area contributed by atoms with Gasteiger partial charge in [-0.2, -0.15) is 5.06 Å². The molecule has 2 aromatic rings. The fraction of sp³-hybridized carbons (Fsp3) is 0.636. The molecule has 13 heteroatoms. The SMILES string of the molecule is CC1(C)CC(C(=O)NCCCC[C@H](N)C(=O)N2CCN(c3cc4c(cc3F)c(=O)c(C(=O)O)cn4C3CC3)CC2)CC(C)(C)N1O. The second kappa shape index (κ2) is 12.9. The predicted octanol–water partition coefficient (Wildman–Crippen LogP) is 3.09. The highest BCUT2D eigenvalue weighted by atomic mass is 19.1. The second-order valence-electron chi connectivity index (χ2n) is 14.4. The van der Waals surface area contributed by atoms with Gasteiger partial charge in [0.2, 0.25) is 17.2 Å². The van der Waals surface area contributed by atoms with Crippen molar-refractivity contribution in [3.8, 4) is 0 Å². The standard InChI is InChI=1S/C33H47FN6O6/c1-32(2)17-20(18-33(3,4)40(32)46)29(42)36-10-6-5-7-25(35)30(43)38-13-11-37(12-14-38)27-16-26-22(15-24(27)34)28(41)23(31(44)45)19-39(26)21-8-9-21/h15-16,19-21,25,46H,5-14,17-18,35H2,1-4H3,(H,36,42)(H,44,45)/t25-/m0/s1. The lowest BCUT2D eigenvalue weighted by Crippen LogP contribution is -2.60. The van der Waals surface area contributed by atoms with Gasteiger partial charge in [-0.15, -0.1) is 0 Å². The Morgan fingerprint density at radius 1 is 1.04 bits per heavy atom. The van der Waals surface area contributed by atoms with Crippen LogP contribution in [0, 0.1) is 11.7 Å². The molecular weight excluding hydrogens is 595 g/mol. The van der Waals surface area contributed by atoms with Gasteiger partial charge in [-0.25, -0.2) is 9.18 Å². The molecule has 252 valence electrons. The summed E-state index contributed by atoms with van der Waals surface area (Å²) in [6, 6.07) is 2.16. The maximum absolute atomic E-state index is 15.3. The molecule has 0 spiro atoms. The quantitative estimate of drug-likeness (QED) is 0.286. The highest BCUT2D eigenvalue weighted by molar-refractivity contribution is 5.93. The van der Waals surface area contributed by atoms with Crippen LogP contribution in [0.15, 0.2) is 23.1 Å². The summed E-state index contributed by atoms with van der Waals surface area (Å²) in [5.74, 6) is -2.31. The number of aromatic carboxylic acids is 1. The molecule has 5 N–H and O–H groups in total. The molecule has 5 rings (SSSR count). The highest BCUT2D eigenvalue weighted by Gasteiger charge is 2.47. The minimum absolute atomic E-state index is 0.0174. The van der Waals surface area contributed by atoms with Gasteiger partial charge in [0, 0.05) is 67.3 Å². The molecule has 3 heterocycles. The number of carboxylic acids is 1. The van der Waals surface area contributed by atoms with Crippen molar-refractivity contribution in [3.63, 3.8) is 0 Å². The monoisotopic (exact) mass is 642 g/mol. The summed E-state index contributed by atoms with van der Waals surface area (Å²) < 4.78 is 17.1. The number of carbonyl (C=O) groups is 3. The lowest BCUT2D eigenvalue weighted by Gasteiger charge is -2.51. The van der Waals surface area contributed by atoms with Crippen molar-refractivity contribution in [1.82, 2.24) is 19.8 Å². The van der Waals surface area contributed by atoms with E-state index in [1.54, 1.807) is 15.5 Å². The molecule has 0 radical (unpaired) electrons. The molecule has 1 atom stereocenters. The van der Waals surface area contributed by atoms with Crippen LogP contribution in [0.5, 0.6) is 0 Å². The average molecular weight is 643 g/mol. The average Bonchev–Trinajstić information content (AvgIpc) is 3.84. The largest absolute Gasteiger partial charge is 0.477 e. The van der Waals surface area contributed by atoms with Crippen LogP contribution < -0.4 is 21.4 Å². The molecule has 1 aromatic heterocycles. The molecular formula is C33H47FN6O6. The smallest absolute Gasteiger partial charge is 0.341 e. The van der Waals surface area contributed by atoms with E-state index in [0.717, 1.165) is 18.9 Å². The first-order valence-corrected chi connectivity index (χ1v) is 16.3. The van der Waals surface area contributed by atoms with E-state index in [-0.39, 0.29) is 34.7 Å². The molecule has 1 aromatic carbocycles. The zero-order valence-corrected chi connectivity index (χ0v) is 27.2. The van der Waals surface area contributed by atoms with Crippen LogP contribution in [0.3, 0.4) is 0 Å². The number of anilines is 1. The van der Waals surface area contributed by atoms with Crippen molar-refractivity contribution in [1.29, 1.82) is 0 Å². The second-order valence-corrected chi connectivity index (χ2v) is 14.4. The molecule has 2 saturated heterocycles. The number of unbranched alkanes of at least 4 members (excludes halogenated alkanes) is 1. The third kappa shape index (κ3) is 6.91. The van der Waals surface area contributed by atoms with Crippen LogP contribution >= 0.6 is 0 Å². The maximum atomic E-state index is 15.3. The highest BCUT2D eigenvalue weighted by Crippen LogP contribution is 2.40. The topological polar surface area (TPSA) is 161 Å². The van der Waals surface area contributed by atoms with Crippen LogP contribution in [0.4, 0.5) is 10.1 Å². The Hall–Kier alpha value is -3.55. The molecule has 1 saturated carbocycles. The number of hydrogen-bond donors (Lipinski definition) is 4. The fourth-order valence-corrected chi connectivity index (χ4v) is 7.23. The lowest BCUT2D eigenvalue weighted by molar-refractivity contribution is -0.249. The number of piperazine rings is 1. The van der Waals surface area contributed by atoms with E-state index in [0.29, 0.717) is 76.0 Å². The fourth-order valence-electron chi connectivity index (χ4n) is 7.23. The van der Waals surface area contributed by atoms with Crippen molar-refractivity contribution in [2.24, 2.45) is 11.7 Å². The third-order valence-corrected chi connectivity index (χ3v) is 9.77. The van der Waals surface area contributed by atoms with E-state index in [1.165, 1.54) is 11.3 Å². The number of halogens is 1. The normalized spacial score (nSPS) is 20.9. The van der Waals surface area contributed by atoms with Gasteiger partial charge in [-0.05, 0) is 84.8 Å². The molecule has 2 aliphatic heterocycles. The summed E-state index contributed by atoms with van der Waals surface area (Å²) in [4.78, 5) is 53.9. The number of pyridine rings is 1. The zero-order valence-electron chi connectivity index (χ0n) is 27.2. The molecule has 12 nitrogen and oxygen atoms in total. The lowest BCUT2D eigenvalue weighted by atomic mass is 9.75. The van der Waals surface area contributed by atoms with E-state index in [2.05, 4.69) is 5.32 Å². The number of carbonyl (C=O) groups excluding carboxylic acids is 2. The Bertz CT molecular complexity index is 1540. The van der Waals surface area contributed by atoms with Crippen molar-refractivity contribution < 1.29 is 29.1 Å². The van der Waals surface area contributed by atoms with Crippen molar-refractivity contribution in [3.05, 3.63) is 39.9 Å². The Morgan fingerprint density at radius 3 is 2.26 bits per heavy atom. The number of rotatable bonds is 10. The number of aromatic nitrogens is 1. The number of nitrogens with zero attached hydrogens (tertiary/aromatic N) is 4. The number of fused-ring (bicyclic) bond motifs is 1. The van der Waals surface area contributed by atoms with Crippen LogP contribution in [0.2, 0.25) is 0 Å². The van der Waals surface area contributed by atoms with Crippen molar-refractivity contribution in [2.75, 3.05) is 37.6 Å². The molecule has 0 bridgehead atoms. The number of carboxylic acid groups (broad SMARTS) is 1. The Labute approximate surface area is 268 Å². The minimum atomic E-state index is -1.33. The molecule has 1 aliphatic carbocycles. The number of nitrogens with two attached hydrogens (primary N) is 1. The van der Waals surface area contributed by atoms with Crippen LogP contribution in [0.25, 0.3) is 10.9 Å². The van der Waals surface area contributed by atoms with Gasteiger partial charge in [0.25, 0.3) is 0 Å². The van der Waals surface area contributed by atoms with Crippen LogP contribution in [-0.2, 0) is 9.59 Å². The van der Waals surface area contributed by atoms with Crippen LogP contribution in [-0.4, -0.2) is 92.5 Å². The van der Waals surface area contributed by atoms with E-state index in [4.69, 9.17) is 5.73 Å². The van der Waals surface area contributed by atoms with E-state index < -0.39 is 34.3 Å². The minimum Gasteiger partial charge on any atom is -0.477 e. The molecule has 3 fully saturated rings. The van der Waals surface area contributed by atoms with Crippen molar-refractivity contribution in [2.45, 2.75) is 95.8 Å². The first-order chi connectivity index (χ1) is 21.6. The van der Waals surface area contributed by atoms with E-state index >= 15 is 4.39 Å². The van der Waals surface area contributed by atoms with Gasteiger partial charge in [0.1, 0.15) is 11.4 Å². The van der Waals surface area contributed by atoms with Gasteiger partial charge in [-0.1, -0.05) is 0 Å². The summed E-state index contributed by atoms with van der Waals surface area (Å²) in [6.07, 6.45) is 6.06. The van der Waals surface area contributed by atoms with Gasteiger partial charge in [0.15, 0.2) is 0 Å². The Balaban J connectivity index is 1.10. The molecule has 0 unspecified atom stereocenters. The summed E-state index contributed by atoms with van der Waals surface area (Å²) in [6.45, 7) is 9.72. The Kier molecular flexibility index (Phi) is 9.49. The molecule has 3 aliphatic rings. The van der Waals surface area contributed by atoms with E-state index in [9.17, 15) is 29.5 Å². The van der Waals surface area contributed by atoms with Gasteiger partial charge < -0.3 is 35.7 Å². The summed E-state index contributed by atoms with van der Waals surface area (Å²) in [7, 11) is 0. The number of benzene rings is 1. The molecule has 46 heavy (non-hydrogen) atoms. The van der Waals surface area contributed by atoms with Gasteiger partial charge in [0.05, 0.1) is 17.2 Å². The summed E-state index contributed by atoms with van der Waals surface area (Å²) in [5, 5.41) is 24.4.